The fourth-order valence-electron chi connectivity index (χ4n) is 2.00. The van der Waals surface area contributed by atoms with Gasteiger partial charge in [0.05, 0.1) is 23.4 Å². The molecule has 5 heteroatoms. The standard InChI is InChI=1S/C12H15BN2O2/c1-8-12(2,3)17-13(16-8)10-4-5-11-9(6-10)7-14-15-11/h4-8H,1-3H3,(H,14,15). The van der Waals surface area contributed by atoms with Crippen LogP contribution in [0.5, 0.6) is 0 Å². The molecule has 17 heavy (non-hydrogen) atoms. The molecule has 1 atom stereocenters. The number of rotatable bonds is 1. The van der Waals surface area contributed by atoms with Crippen molar-refractivity contribution in [3.63, 3.8) is 0 Å². The second kappa shape index (κ2) is 3.58. The molecular formula is C12H15BN2O2. The zero-order valence-corrected chi connectivity index (χ0v) is 10.2. The van der Waals surface area contributed by atoms with Crippen LogP contribution in [0.25, 0.3) is 10.9 Å². The molecule has 1 aliphatic heterocycles. The van der Waals surface area contributed by atoms with Crippen molar-refractivity contribution in [1.29, 1.82) is 0 Å². The molecule has 0 spiro atoms. The highest BCUT2D eigenvalue weighted by atomic mass is 16.7. The van der Waals surface area contributed by atoms with Gasteiger partial charge in [-0.2, -0.15) is 5.10 Å². The molecule has 88 valence electrons. The van der Waals surface area contributed by atoms with Crippen molar-refractivity contribution in [3.05, 3.63) is 24.4 Å². The molecule has 0 aliphatic carbocycles. The number of fused-ring (bicyclic) bond motifs is 1. The summed E-state index contributed by atoms with van der Waals surface area (Å²) in [5.74, 6) is 0. The topological polar surface area (TPSA) is 47.1 Å². The maximum atomic E-state index is 5.92. The fraction of sp³-hybridized carbons (Fsp3) is 0.417. The predicted molar refractivity (Wildman–Crippen MR) is 67.2 cm³/mol. The molecule has 4 nitrogen and oxygen atoms in total. The molecule has 0 bridgehead atoms. The maximum Gasteiger partial charge on any atom is 0.494 e. The van der Waals surface area contributed by atoms with Crippen molar-refractivity contribution in [3.8, 4) is 0 Å². The van der Waals surface area contributed by atoms with Gasteiger partial charge >= 0.3 is 7.12 Å². The van der Waals surface area contributed by atoms with Gasteiger partial charge in [0, 0.05) is 5.39 Å². The lowest BCUT2D eigenvalue weighted by Crippen LogP contribution is -2.34. The molecule has 0 amide bonds. The number of benzene rings is 1. The highest BCUT2D eigenvalue weighted by Gasteiger charge is 2.43. The summed E-state index contributed by atoms with van der Waals surface area (Å²) in [7, 11) is -0.278. The molecule has 2 aromatic rings. The summed E-state index contributed by atoms with van der Waals surface area (Å²) in [6.07, 6.45) is 1.90. The van der Waals surface area contributed by atoms with Gasteiger partial charge in [-0.3, -0.25) is 5.10 Å². The molecule has 1 N–H and O–H groups in total. The Labute approximate surface area is 100 Å². The number of nitrogens with one attached hydrogen (secondary N) is 1. The first-order valence-electron chi connectivity index (χ1n) is 5.82. The maximum absolute atomic E-state index is 5.92. The van der Waals surface area contributed by atoms with Crippen LogP contribution in [0.4, 0.5) is 0 Å². The van der Waals surface area contributed by atoms with Crippen molar-refractivity contribution in [2.24, 2.45) is 0 Å². The first-order chi connectivity index (χ1) is 8.06. The van der Waals surface area contributed by atoms with Gasteiger partial charge in [0.1, 0.15) is 0 Å². The molecule has 1 fully saturated rings. The summed E-state index contributed by atoms with van der Waals surface area (Å²) < 4.78 is 11.8. The first kappa shape index (κ1) is 10.8. The third-order valence-electron chi connectivity index (χ3n) is 3.45. The van der Waals surface area contributed by atoms with E-state index < -0.39 is 0 Å². The van der Waals surface area contributed by atoms with E-state index in [0.29, 0.717) is 0 Å². The van der Waals surface area contributed by atoms with Gasteiger partial charge in [-0.1, -0.05) is 12.1 Å². The number of nitrogens with zero attached hydrogens (tertiary/aromatic N) is 1. The monoisotopic (exact) mass is 230 g/mol. The second-order valence-electron chi connectivity index (χ2n) is 5.05. The van der Waals surface area contributed by atoms with Crippen LogP contribution in [-0.4, -0.2) is 29.0 Å². The summed E-state index contributed by atoms with van der Waals surface area (Å²) >= 11 is 0. The highest BCUT2D eigenvalue weighted by Crippen LogP contribution is 2.27. The lowest BCUT2D eigenvalue weighted by atomic mass is 9.79. The lowest BCUT2D eigenvalue weighted by molar-refractivity contribution is 0.0842. The van der Waals surface area contributed by atoms with E-state index in [1.54, 1.807) is 0 Å². The van der Waals surface area contributed by atoms with Gasteiger partial charge in [0.25, 0.3) is 0 Å². The van der Waals surface area contributed by atoms with E-state index in [0.717, 1.165) is 16.4 Å². The van der Waals surface area contributed by atoms with E-state index in [1.165, 1.54) is 0 Å². The average molecular weight is 230 g/mol. The minimum Gasteiger partial charge on any atom is -0.402 e. The van der Waals surface area contributed by atoms with Crippen LogP contribution in [0.15, 0.2) is 24.4 Å². The molecule has 1 saturated heterocycles. The average Bonchev–Trinajstić information content (AvgIpc) is 2.83. The van der Waals surface area contributed by atoms with Gasteiger partial charge in [-0.05, 0) is 32.3 Å². The Morgan fingerprint density at radius 2 is 2.24 bits per heavy atom. The van der Waals surface area contributed by atoms with Gasteiger partial charge in [0.2, 0.25) is 0 Å². The molecular weight excluding hydrogens is 215 g/mol. The van der Waals surface area contributed by atoms with Gasteiger partial charge in [-0.25, -0.2) is 0 Å². The van der Waals surface area contributed by atoms with Crippen molar-refractivity contribution in [2.75, 3.05) is 0 Å². The predicted octanol–water partition coefficient (Wildman–Crippen LogP) is 1.47. The van der Waals surface area contributed by atoms with Crippen LogP contribution in [0.3, 0.4) is 0 Å². The Bertz CT molecular complexity index is 552. The van der Waals surface area contributed by atoms with Crippen LogP contribution in [0.2, 0.25) is 0 Å². The van der Waals surface area contributed by atoms with Crippen molar-refractivity contribution < 1.29 is 9.31 Å². The lowest BCUT2D eigenvalue weighted by Gasteiger charge is -2.21. The smallest absolute Gasteiger partial charge is 0.402 e. The Balaban J connectivity index is 1.94. The normalized spacial score (nSPS) is 23.5. The van der Waals surface area contributed by atoms with E-state index in [-0.39, 0.29) is 18.8 Å². The van der Waals surface area contributed by atoms with E-state index >= 15 is 0 Å². The zero-order valence-electron chi connectivity index (χ0n) is 10.2. The minimum atomic E-state index is -0.278. The molecule has 1 aromatic heterocycles. The first-order valence-corrected chi connectivity index (χ1v) is 5.82. The van der Waals surface area contributed by atoms with Gasteiger partial charge < -0.3 is 9.31 Å². The quantitative estimate of drug-likeness (QED) is 0.754. The van der Waals surface area contributed by atoms with E-state index in [2.05, 4.69) is 16.3 Å². The Hall–Kier alpha value is -1.33. The van der Waals surface area contributed by atoms with E-state index in [9.17, 15) is 0 Å². The van der Waals surface area contributed by atoms with Crippen LogP contribution >= 0.6 is 0 Å². The molecule has 2 heterocycles. The third kappa shape index (κ3) is 1.75. The summed E-state index contributed by atoms with van der Waals surface area (Å²) in [6, 6.07) is 6.07. The SMILES string of the molecule is CC1OB(c2ccc3[nH]ncc3c2)OC1(C)C. The Kier molecular flexibility index (Phi) is 2.28. The number of hydrogen-bond donors (Lipinski definition) is 1. The summed E-state index contributed by atoms with van der Waals surface area (Å²) in [5.41, 5.74) is 1.83. The van der Waals surface area contributed by atoms with Crippen molar-refractivity contribution in [2.45, 2.75) is 32.5 Å². The molecule has 1 aliphatic rings. The second-order valence-corrected chi connectivity index (χ2v) is 5.05. The van der Waals surface area contributed by atoms with Gasteiger partial charge in [0.15, 0.2) is 0 Å². The molecule has 0 saturated carbocycles. The van der Waals surface area contributed by atoms with Crippen LogP contribution in [0.1, 0.15) is 20.8 Å². The molecule has 3 rings (SSSR count). The van der Waals surface area contributed by atoms with Crippen molar-refractivity contribution >= 4 is 23.5 Å². The largest absolute Gasteiger partial charge is 0.494 e. The third-order valence-corrected chi connectivity index (χ3v) is 3.45. The number of hydrogen-bond acceptors (Lipinski definition) is 3. The summed E-state index contributed by atoms with van der Waals surface area (Å²) in [5, 5.41) is 8.01. The summed E-state index contributed by atoms with van der Waals surface area (Å²) in [6.45, 7) is 6.14. The minimum absolute atomic E-state index is 0.0903. The molecule has 0 radical (unpaired) electrons. The fourth-order valence-corrected chi connectivity index (χ4v) is 2.00. The Morgan fingerprint density at radius 3 is 2.94 bits per heavy atom. The van der Waals surface area contributed by atoms with E-state index in [4.69, 9.17) is 9.31 Å². The van der Waals surface area contributed by atoms with Crippen LogP contribution < -0.4 is 5.46 Å². The van der Waals surface area contributed by atoms with E-state index in [1.807, 2.05) is 39.1 Å². The zero-order chi connectivity index (χ0) is 12.0. The summed E-state index contributed by atoms with van der Waals surface area (Å²) in [4.78, 5) is 0. The van der Waals surface area contributed by atoms with Gasteiger partial charge in [-0.15, -0.1) is 0 Å². The number of aromatic nitrogens is 2. The van der Waals surface area contributed by atoms with Crippen LogP contribution in [-0.2, 0) is 9.31 Å². The molecule has 1 aromatic carbocycles. The number of aromatic amines is 1. The van der Waals surface area contributed by atoms with Crippen molar-refractivity contribution in [1.82, 2.24) is 10.2 Å². The molecule has 1 unspecified atom stereocenters. The van der Waals surface area contributed by atoms with Crippen LogP contribution in [0, 0.1) is 0 Å². The number of H-pyrrole nitrogens is 1. The highest BCUT2D eigenvalue weighted by molar-refractivity contribution is 6.62. The Morgan fingerprint density at radius 1 is 1.41 bits per heavy atom.